The van der Waals surface area contributed by atoms with E-state index in [9.17, 15) is 4.79 Å². The van der Waals surface area contributed by atoms with Gasteiger partial charge in [-0.05, 0) is 24.3 Å². The molecule has 1 aromatic heterocycles. The van der Waals surface area contributed by atoms with Crippen molar-refractivity contribution in [3.8, 4) is 17.2 Å². The Hall–Kier alpha value is -3.65. The summed E-state index contributed by atoms with van der Waals surface area (Å²) < 4.78 is 21.3. The smallest absolute Gasteiger partial charge is 0.273 e. The fourth-order valence-corrected chi connectivity index (χ4v) is 3.03. The lowest BCUT2D eigenvalue weighted by atomic mass is 10.1. The van der Waals surface area contributed by atoms with Crippen LogP contribution in [0.4, 0.5) is 0 Å². The van der Waals surface area contributed by atoms with Crippen molar-refractivity contribution in [2.24, 2.45) is 5.10 Å². The molecule has 8 heteroatoms. The Morgan fingerprint density at radius 2 is 1.73 bits per heavy atom. The van der Waals surface area contributed by atoms with Crippen molar-refractivity contribution in [3.05, 3.63) is 59.8 Å². The first-order valence-corrected chi connectivity index (χ1v) is 9.11. The van der Waals surface area contributed by atoms with Gasteiger partial charge in [-0.25, -0.2) is 5.43 Å². The van der Waals surface area contributed by atoms with Crippen LogP contribution in [0.2, 0.25) is 0 Å². The number of carbonyl (C=O) groups excluding carboxylic acids is 1. The summed E-state index contributed by atoms with van der Waals surface area (Å²) in [4.78, 5) is 17.0. The molecule has 2 aromatic carbocycles. The van der Waals surface area contributed by atoms with Crippen LogP contribution in [0.15, 0.2) is 53.8 Å². The van der Waals surface area contributed by atoms with Crippen molar-refractivity contribution in [3.63, 3.8) is 0 Å². The molecule has 0 radical (unpaired) electrons. The Balaban J connectivity index is 1.76. The average Bonchev–Trinajstić information content (AvgIpc) is 2.78. The van der Waals surface area contributed by atoms with E-state index in [1.807, 2.05) is 30.3 Å². The second-order valence-electron chi connectivity index (χ2n) is 6.27. The molecule has 8 nitrogen and oxygen atoms in total. The van der Waals surface area contributed by atoms with Crippen LogP contribution in [0.25, 0.3) is 10.9 Å². The first-order chi connectivity index (χ1) is 14.6. The van der Waals surface area contributed by atoms with E-state index in [4.69, 9.17) is 18.9 Å². The number of carbonyl (C=O) groups is 1. The third-order valence-electron chi connectivity index (χ3n) is 4.46. The Morgan fingerprint density at radius 1 is 1.03 bits per heavy atom. The van der Waals surface area contributed by atoms with E-state index in [0.29, 0.717) is 28.4 Å². The first kappa shape index (κ1) is 21.1. The predicted octanol–water partition coefficient (Wildman–Crippen LogP) is 3.10. The van der Waals surface area contributed by atoms with Gasteiger partial charge >= 0.3 is 0 Å². The lowest BCUT2D eigenvalue weighted by molar-refractivity contribution is -0.131. The second-order valence-corrected chi connectivity index (χ2v) is 6.27. The van der Waals surface area contributed by atoms with Crippen molar-refractivity contribution in [1.82, 2.24) is 10.4 Å². The Bertz CT molecular complexity index is 1040. The van der Waals surface area contributed by atoms with Crippen LogP contribution >= 0.6 is 0 Å². The second kappa shape index (κ2) is 9.71. The molecule has 3 aromatic rings. The highest BCUT2D eigenvalue weighted by Crippen LogP contribution is 2.37. The van der Waals surface area contributed by atoms with Gasteiger partial charge in [0.15, 0.2) is 17.6 Å². The highest BCUT2D eigenvalue weighted by Gasteiger charge is 2.20. The van der Waals surface area contributed by atoms with E-state index < -0.39 is 12.0 Å². The lowest BCUT2D eigenvalue weighted by Crippen LogP contribution is -2.26. The maximum Gasteiger partial charge on any atom is 0.273 e. The minimum absolute atomic E-state index is 0.418. The molecule has 30 heavy (non-hydrogen) atoms. The summed E-state index contributed by atoms with van der Waals surface area (Å²) in [6, 6.07) is 13.0. The van der Waals surface area contributed by atoms with Gasteiger partial charge < -0.3 is 18.9 Å². The van der Waals surface area contributed by atoms with Crippen molar-refractivity contribution in [2.45, 2.75) is 6.10 Å². The quantitative estimate of drug-likeness (QED) is 0.454. The van der Waals surface area contributed by atoms with Gasteiger partial charge in [0.05, 0.1) is 33.1 Å². The summed E-state index contributed by atoms with van der Waals surface area (Å²) in [5.41, 5.74) is 4.64. The SMILES string of the molecule is COc1cc(C=NNC(=O)C(OC)c2cnc3ccccc3c2)cc(OC)c1OC. The number of pyridine rings is 1. The van der Waals surface area contributed by atoms with E-state index in [-0.39, 0.29) is 0 Å². The van der Waals surface area contributed by atoms with Crippen molar-refractivity contribution in [2.75, 3.05) is 28.4 Å². The first-order valence-electron chi connectivity index (χ1n) is 9.11. The van der Waals surface area contributed by atoms with Crippen LogP contribution in [0.3, 0.4) is 0 Å². The molecule has 1 amide bonds. The number of amides is 1. The summed E-state index contributed by atoms with van der Waals surface area (Å²) in [5, 5.41) is 4.95. The Kier molecular flexibility index (Phi) is 6.82. The largest absolute Gasteiger partial charge is 0.493 e. The number of hydrogen-bond donors (Lipinski definition) is 1. The third kappa shape index (κ3) is 4.49. The van der Waals surface area contributed by atoms with Gasteiger partial charge in [-0.3, -0.25) is 9.78 Å². The molecule has 0 saturated heterocycles. The van der Waals surface area contributed by atoms with Gasteiger partial charge in [-0.15, -0.1) is 0 Å². The summed E-state index contributed by atoms with van der Waals surface area (Å²) in [6.07, 6.45) is 2.26. The van der Waals surface area contributed by atoms with Crippen molar-refractivity contribution in [1.29, 1.82) is 0 Å². The number of methoxy groups -OCH3 is 4. The van der Waals surface area contributed by atoms with Crippen LogP contribution in [0.5, 0.6) is 17.2 Å². The number of hydrazone groups is 1. The van der Waals surface area contributed by atoms with Gasteiger partial charge in [0.2, 0.25) is 5.75 Å². The molecule has 1 N–H and O–H groups in total. The van der Waals surface area contributed by atoms with E-state index in [0.717, 1.165) is 10.9 Å². The molecule has 0 bridgehead atoms. The molecule has 3 rings (SSSR count). The van der Waals surface area contributed by atoms with Crippen LogP contribution in [0.1, 0.15) is 17.2 Å². The molecule has 0 spiro atoms. The number of hydrogen-bond acceptors (Lipinski definition) is 7. The highest BCUT2D eigenvalue weighted by atomic mass is 16.5. The van der Waals surface area contributed by atoms with Crippen molar-refractivity contribution < 1.29 is 23.7 Å². The van der Waals surface area contributed by atoms with E-state index in [2.05, 4.69) is 15.5 Å². The van der Waals surface area contributed by atoms with Crippen molar-refractivity contribution >= 4 is 23.0 Å². The summed E-state index contributed by atoms with van der Waals surface area (Å²) in [6.45, 7) is 0. The molecule has 0 aliphatic rings. The number of fused-ring (bicyclic) bond motifs is 1. The minimum Gasteiger partial charge on any atom is -0.493 e. The third-order valence-corrected chi connectivity index (χ3v) is 4.46. The van der Waals surface area contributed by atoms with Gasteiger partial charge in [0, 0.05) is 29.8 Å². The number of para-hydroxylation sites is 1. The molecule has 0 saturated carbocycles. The lowest BCUT2D eigenvalue weighted by Gasteiger charge is -2.14. The van der Waals surface area contributed by atoms with Gasteiger partial charge in [0.25, 0.3) is 5.91 Å². The van der Waals surface area contributed by atoms with Crippen LogP contribution in [-0.4, -0.2) is 45.5 Å². The van der Waals surface area contributed by atoms with Gasteiger partial charge in [-0.2, -0.15) is 5.10 Å². The molecule has 0 aliphatic heterocycles. The Morgan fingerprint density at radius 3 is 2.37 bits per heavy atom. The zero-order valence-electron chi connectivity index (χ0n) is 17.2. The molecule has 1 unspecified atom stereocenters. The molecule has 1 atom stereocenters. The molecular formula is C22H23N3O5. The highest BCUT2D eigenvalue weighted by molar-refractivity contribution is 5.87. The number of nitrogens with zero attached hydrogens (tertiary/aromatic N) is 2. The average molecular weight is 409 g/mol. The maximum absolute atomic E-state index is 12.6. The number of ether oxygens (including phenoxy) is 4. The Labute approximate surface area is 174 Å². The number of rotatable bonds is 8. The topological polar surface area (TPSA) is 91.3 Å². The summed E-state index contributed by atoms with van der Waals surface area (Å²) in [5.74, 6) is 1.03. The van der Waals surface area contributed by atoms with Crippen LogP contribution in [0, 0.1) is 0 Å². The standard InChI is InChI=1S/C22H23N3O5/c1-27-18-9-14(10-19(28-2)21(18)30-4)12-24-25-22(26)20(29-3)16-11-15-7-5-6-8-17(15)23-13-16/h5-13,20H,1-4H3,(H,25,26). The fraction of sp³-hybridized carbons (Fsp3) is 0.227. The van der Waals surface area contributed by atoms with E-state index >= 15 is 0 Å². The zero-order valence-corrected chi connectivity index (χ0v) is 17.2. The molecule has 1 heterocycles. The number of nitrogens with one attached hydrogen (secondary N) is 1. The fourth-order valence-electron chi connectivity index (χ4n) is 3.03. The molecular weight excluding hydrogens is 386 g/mol. The van der Waals surface area contributed by atoms with E-state index in [1.165, 1.54) is 34.7 Å². The molecule has 0 fully saturated rings. The van der Waals surface area contributed by atoms with Gasteiger partial charge in [-0.1, -0.05) is 18.2 Å². The zero-order chi connectivity index (χ0) is 21.5. The van der Waals surface area contributed by atoms with E-state index in [1.54, 1.807) is 18.3 Å². The predicted molar refractivity (Wildman–Crippen MR) is 113 cm³/mol. The van der Waals surface area contributed by atoms with Crippen LogP contribution < -0.4 is 19.6 Å². The normalized spacial score (nSPS) is 12.0. The van der Waals surface area contributed by atoms with Crippen LogP contribution in [-0.2, 0) is 9.53 Å². The molecule has 156 valence electrons. The van der Waals surface area contributed by atoms with Gasteiger partial charge in [0.1, 0.15) is 0 Å². The summed E-state index contributed by atoms with van der Waals surface area (Å²) >= 11 is 0. The summed E-state index contributed by atoms with van der Waals surface area (Å²) in [7, 11) is 6.05. The number of aromatic nitrogens is 1. The number of benzene rings is 2. The maximum atomic E-state index is 12.6. The molecule has 0 aliphatic carbocycles. The monoisotopic (exact) mass is 409 g/mol. The minimum atomic E-state index is -0.848.